The van der Waals surface area contributed by atoms with E-state index >= 15 is 0 Å². The molecule has 2 N–H and O–H groups in total. The molecule has 1 aromatic rings. The normalized spacial score (nSPS) is 24.4. The zero-order valence-electron chi connectivity index (χ0n) is 9.92. The highest BCUT2D eigenvalue weighted by Gasteiger charge is 2.39. The van der Waals surface area contributed by atoms with E-state index in [2.05, 4.69) is 10.6 Å². The van der Waals surface area contributed by atoms with Gasteiger partial charge in [-0.15, -0.1) is 0 Å². The summed E-state index contributed by atoms with van der Waals surface area (Å²) in [6.45, 7) is 2.85. The Bertz CT molecular complexity index is 396. The summed E-state index contributed by atoms with van der Waals surface area (Å²) in [6, 6.07) is 7.35. The molecule has 17 heavy (non-hydrogen) atoms. The van der Waals surface area contributed by atoms with E-state index in [1.165, 1.54) is 0 Å². The zero-order chi connectivity index (χ0) is 12.3. The molecule has 3 nitrogen and oxygen atoms in total. The highest BCUT2D eigenvalue weighted by atomic mass is 19.1. The van der Waals surface area contributed by atoms with Crippen molar-refractivity contribution >= 4 is 11.6 Å². The van der Waals surface area contributed by atoms with Gasteiger partial charge in [0, 0.05) is 12.2 Å². The number of carbonyl (C=O) groups excluding carboxylic acids is 1. The average molecular weight is 236 g/mol. The number of piperidine rings is 1. The fraction of sp³-hybridized carbons (Fsp3) is 0.462. The van der Waals surface area contributed by atoms with E-state index in [1.54, 1.807) is 12.1 Å². The summed E-state index contributed by atoms with van der Waals surface area (Å²) in [5.41, 5.74) is -0.0242. The molecule has 0 bridgehead atoms. The Hall–Kier alpha value is -1.42. The van der Waals surface area contributed by atoms with E-state index in [-0.39, 0.29) is 13.0 Å². The molecule has 4 heteroatoms. The van der Waals surface area contributed by atoms with Gasteiger partial charge < -0.3 is 10.6 Å². The predicted octanol–water partition coefficient (Wildman–Crippen LogP) is 2.03. The van der Waals surface area contributed by atoms with Gasteiger partial charge in [-0.25, -0.2) is 4.39 Å². The Morgan fingerprint density at radius 3 is 2.71 bits per heavy atom. The summed E-state index contributed by atoms with van der Waals surface area (Å²) in [4.78, 5) is 11.8. The van der Waals surface area contributed by atoms with Crippen molar-refractivity contribution in [1.29, 1.82) is 0 Å². The van der Waals surface area contributed by atoms with Crippen LogP contribution in [-0.2, 0) is 4.79 Å². The van der Waals surface area contributed by atoms with E-state index in [0.717, 1.165) is 12.1 Å². The first kappa shape index (κ1) is 12.0. The quantitative estimate of drug-likeness (QED) is 0.825. The molecule has 1 aliphatic rings. The number of benzene rings is 1. The van der Waals surface area contributed by atoms with Crippen LogP contribution >= 0.6 is 0 Å². The highest BCUT2D eigenvalue weighted by molar-refractivity contribution is 5.97. The van der Waals surface area contributed by atoms with Crippen LogP contribution in [0.25, 0.3) is 0 Å². The van der Waals surface area contributed by atoms with Crippen molar-refractivity contribution in [3.05, 3.63) is 29.8 Å². The Morgan fingerprint density at radius 2 is 2.12 bits per heavy atom. The molecule has 0 saturated carbocycles. The van der Waals surface area contributed by atoms with Crippen molar-refractivity contribution in [2.45, 2.75) is 25.4 Å². The summed E-state index contributed by atoms with van der Waals surface area (Å²) >= 11 is 0. The number of halogens is 1. The molecule has 0 aromatic heterocycles. The van der Waals surface area contributed by atoms with Crippen LogP contribution in [0, 0.1) is 6.92 Å². The second-order valence-corrected chi connectivity index (χ2v) is 4.57. The van der Waals surface area contributed by atoms with Crippen LogP contribution in [-0.4, -0.2) is 24.7 Å². The topological polar surface area (TPSA) is 41.1 Å². The SMILES string of the molecule is Cc1ccc(NC(=O)C2(F)CCCNC2)cc1. The maximum atomic E-state index is 14.3. The van der Waals surface area contributed by atoms with E-state index in [1.807, 2.05) is 19.1 Å². The van der Waals surface area contributed by atoms with Gasteiger partial charge in [-0.2, -0.15) is 0 Å². The van der Waals surface area contributed by atoms with E-state index < -0.39 is 11.6 Å². The van der Waals surface area contributed by atoms with Gasteiger partial charge in [0.2, 0.25) is 5.67 Å². The van der Waals surface area contributed by atoms with Crippen LogP contribution < -0.4 is 10.6 Å². The van der Waals surface area contributed by atoms with Crippen molar-refractivity contribution in [2.24, 2.45) is 0 Å². The maximum Gasteiger partial charge on any atom is 0.263 e. The predicted molar refractivity (Wildman–Crippen MR) is 65.8 cm³/mol. The third kappa shape index (κ3) is 2.82. The lowest BCUT2D eigenvalue weighted by Gasteiger charge is -2.28. The number of hydrogen-bond acceptors (Lipinski definition) is 2. The molecule has 2 rings (SSSR count). The van der Waals surface area contributed by atoms with Gasteiger partial charge in [0.25, 0.3) is 5.91 Å². The first-order valence-electron chi connectivity index (χ1n) is 5.88. The van der Waals surface area contributed by atoms with Crippen LogP contribution in [0.3, 0.4) is 0 Å². The fourth-order valence-electron chi connectivity index (χ4n) is 1.94. The van der Waals surface area contributed by atoms with E-state index in [4.69, 9.17) is 0 Å². The average Bonchev–Trinajstić information content (AvgIpc) is 2.33. The molecule has 1 aromatic carbocycles. The minimum Gasteiger partial charge on any atom is -0.323 e. The van der Waals surface area contributed by atoms with Crippen LogP contribution in [0.15, 0.2) is 24.3 Å². The Morgan fingerprint density at radius 1 is 1.41 bits per heavy atom. The molecule has 1 fully saturated rings. The molecule has 1 heterocycles. The summed E-state index contributed by atoms with van der Waals surface area (Å²) in [6.07, 6.45) is 0.982. The Labute approximate surface area is 100 Å². The number of hydrogen-bond donors (Lipinski definition) is 2. The molecule has 0 spiro atoms. The second kappa shape index (κ2) is 4.84. The standard InChI is InChI=1S/C13H17FN2O/c1-10-3-5-11(6-4-10)16-12(17)13(14)7-2-8-15-9-13/h3-6,15H,2,7-9H2,1H3,(H,16,17). The lowest BCUT2D eigenvalue weighted by molar-refractivity contribution is -0.128. The molecule has 92 valence electrons. The molecule has 0 radical (unpaired) electrons. The summed E-state index contributed by atoms with van der Waals surface area (Å²) in [5, 5.41) is 5.54. The fourth-order valence-corrected chi connectivity index (χ4v) is 1.94. The van der Waals surface area contributed by atoms with Gasteiger partial charge in [-0.3, -0.25) is 4.79 Å². The molecule has 1 aliphatic heterocycles. The third-order valence-electron chi connectivity index (χ3n) is 3.05. The molecule has 1 amide bonds. The van der Waals surface area contributed by atoms with Gasteiger partial charge >= 0.3 is 0 Å². The number of alkyl halides is 1. The lowest BCUT2D eigenvalue weighted by Crippen LogP contribution is -2.50. The summed E-state index contributed by atoms with van der Waals surface area (Å²) < 4.78 is 14.3. The molecular formula is C13H17FN2O. The molecule has 1 saturated heterocycles. The first-order valence-corrected chi connectivity index (χ1v) is 5.88. The smallest absolute Gasteiger partial charge is 0.263 e. The van der Waals surface area contributed by atoms with Crippen molar-refractivity contribution in [3.8, 4) is 0 Å². The number of amides is 1. The van der Waals surface area contributed by atoms with Crippen molar-refractivity contribution in [3.63, 3.8) is 0 Å². The van der Waals surface area contributed by atoms with Crippen molar-refractivity contribution in [1.82, 2.24) is 5.32 Å². The highest BCUT2D eigenvalue weighted by Crippen LogP contribution is 2.23. The van der Waals surface area contributed by atoms with Gasteiger partial charge in [0.05, 0.1) is 0 Å². The second-order valence-electron chi connectivity index (χ2n) is 4.57. The molecule has 0 aliphatic carbocycles. The summed E-state index contributed by atoms with van der Waals surface area (Å²) in [7, 11) is 0. The molecular weight excluding hydrogens is 219 g/mol. The van der Waals surface area contributed by atoms with Crippen molar-refractivity contribution in [2.75, 3.05) is 18.4 Å². The Balaban J connectivity index is 2.03. The zero-order valence-corrected chi connectivity index (χ0v) is 9.92. The minimum absolute atomic E-state index is 0.102. The van der Waals surface area contributed by atoms with Gasteiger partial charge in [0.1, 0.15) is 0 Å². The van der Waals surface area contributed by atoms with Gasteiger partial charge in [0.15, 0.2) is 0 Å². The van der Waals surface area contributed by atoms with Crippen LogP contribution in [0.1, 0.15) is 18.4 Å². The van der Waals surface area contributed by atoms with Crippen molar-refractivity contribution < 1.29 is 9.18 Å². The van der Waals surface area contributed by atoms with Crippen LogP contribution in [0.5, 0.6) is 0 Å². The third-order valence-corrected chi connectivity index (χ3v) is 3.05. The lowest BCUT2D eigenvalue weighted by atomic mass is 9.95. The molecule has 1 unspecified atom stereocenters. The van der Waals surface area contributed by atoms with E-state index in [0.29, 0.717) is 12.1 Å². The number of nitrogens with one attached hydrogen (secondary N) is 2. The van der Waals surface area contributed by atoms with E-state index in [9.17, 15) is 9.18 Å². The number of rotatable bonds is 2. The largest absolute Gasteiger partial charge is 0.323 e. The number of aryl methyl sites for hydroxylation is 1. The number of carbonyl (C=O) groups is 1. The van der Waals surface area contributed by atoms with Gasteiger partial charge in [-0.1, -0.05) is 17.7 Å². The number of anilines is 1. The van der Waals surface area contributed by atoms with Crippen LogP contribution in [0.4, 0.5) is 10.1 Å². The first-order chi connectivity index (χ1) is 8.10. The van der Waals surface area contributed by atoms with Gasteiger partial charge in [-0.05, 0) is 38.4 Å². The van der Waals surface area contributed by atoms with Crippen LogP contribution in [0.2, 0.25) is 0 Å². The monoisotopic (exact) mass is 236 g/mol. The molecule has 1 atom stereocenters. The maximum absolute atomic E-state index is 14.3. The Kier molecular flexibility index (Phi) is 3.43. The summed E-state index contributed by atoms with van der Waals surface area (Å²) in [5.74, 6) is -0.548. The minimum atomic E-state index is -1.77.